The number of amidine groups is 1. The van der Waals surface area contributed by atoms with E-state index in [4.69, 9.17) is 14.5 Å². The number of rotatable bonds is 8. The van der Waals surface area contributed by atoms with E-state index < -0.39 is 54.9 Å². The van der Waals surface area contributed by atoms with Crippen molar-refractivity contribution >= 4 is 18.5 Å². The number of nitrogens with one attached hydrogen (secondary N) is 1. The molecule has 3 aliphatic heterocycles. The fourth-order valence-corrected chi connectivity index (χ4v) is 6.10. The molecular formula is C32H34FN5O4. The number of nitrogens with zero attached hydrogens (tertiary/aromatic N) is 4. The maximum Gasteiger partial charge on any atom is 0.165 e. The summed E-state index contributed by atoms with van der Waals surface area (Å²) < 4.78 is 27.0. The van der Waals surface area contributed by atoms with Crippen LogP contribution in [0.25, 0.3) is 0 Å². The Hall–Kier alpha value is -4.12. The molecule has 6 rings (SSSR count). The summed E-state index contributed by atoms with van der Waals surface area (Å²) in [6.45, 7) is 0.622. The molecule has 3 heterocycles. The third-order valence-corrected chi connectivity index (χ3v) is 8.66. The zero-order chi connectivity index (χ0) is 29.3. The predicted octanol–water partition coefficient (Wildman–Crippen LogP) is 3.11. The minimum absolute atomic E-state index is 0.503. The molecule has 3 aliphatic rings. The zero-order valence-corrected chi connectivity index (χ0v) is 23.4. The van der Waals surface area contributed by atoms with Crippen molar-refractivity contribution in [2.45, 2.75) is 42.7 Å². The van der Waals surface area contributed by atoms with E-state index in [-0.39, 0.29) is 0 Å². The lowest BCUT2D eigenvalue weighted by atomic mass is 9.76. The van der Waals surface area contributed by atoms with Crippen LogP contribution < -0.4 is 10.1 Å². The van der Waals surface area contributed by atoms with Gasteiger partial charge in [0.2, 0.25) is 0 Å². The molecule has 0 saturated carbocycles. The summed E-state index contributed by atoms with van der Waals surface area (Å²) in [4.78, 5) is 15.6. The Balaban J connectivity index is 1.40. The molecule has 0 aromatic heterocycles. The summed E-state index contributed by atoms with van der Waals surface area (Å²) >= 11 is 0. The molecule has 42 heavy (non-hydrogen) atoms. The van der Waals surface area contributed by atoms with E-state index in [0.29, 0.717) is 5.84 Å². The third-order valence-electron chi connectivity index (χ3n) is 8.66. The largest absolute Gasteiger partial charge is 0.497 e. The number of ether oxygens (including phenoxy) is 2. The van der Waals surface area contributed by atoms with Crippen LogP contribution in [0.3, 0.4) is 0 Å². The highest BCUT2D eigenvalue weighted by Crippen LogP contribution is 2.42. The number of aliphatic imine (C=N–C) groups is 3. The maximum absolute atomic E-state index is 15.6. The Bertz CT molecular complexity index is 1420. The van der Waals surface area contributed by atoms with E-state index in [1.165, 1.54) is 12.7 Å². The van der Waals surface area contributed by atoms with E-state index in [0.717, 1.165) is 22.4 Å². The van der Waals surface area contributed by atoms with Crippen LogP contribution in [0.15, 0.2) is 99.9 Å². The minimum Gasteiger partial charge on any atom is -0.497 e. The van der Waals surface area contributed by atoms with Crippen molar-refractivity contribution in [1.29, 1.82) is 0 Å². The Morgan fingerprint density at radius 1 is 0.929 bits per heavy atom. The van der Waals surface area contributed by atoms with Gasteiger partial charge < -0.3 is 29.9 Å². The van der Waals surface area contributed by atoms with Crippen LogP contribution in [0.4, 0.5) is 4.39 Å². The predicted molar refractivity (Wildman–Crippen MR) is 159 cm³/mol. The molecule has 0 amide bonds. The molecule has 2 unspecified atom stereocenters. The van der Waals surface area contributed by atoms with Gasteiger partial charge in [-0.15, -0.1) is 0 Å². The second-order valence-electron chi connectivity index (χ2n) is 10.8. The second kappa shape index (κ2) is 11.3. The van der Waals surface area contributed by atoms with Gasteiger partial charge in [-0.05, 0) is 28.8 Å². The van der Waals surface area contributed by atoms with E-state index in [1.807, 2.05) is 60.7 Å². The number of fused-ring (bicyclic) bond motifs is 1. The van der Waals surface area contributed by atoms with Crippen molar-refractivity contribution in [3.63, 3.8) is 0 Å². The first-order valence-electron chi connectivity index (χ1n) is 13.9. The Morgan fingerprint density at radius 3 is 2.07 bits per heavy atom. The van der Waals surface area contributed by atoms with E-state index in [1.54, 1.807) is 18.9 Å². The smallest absolute Gasteiger partial charge is 0.165 e. The Morgan fingerprint density at radius 2 is 1.52 bits per heavy atom. The van der Waals surface area contributed by atoms with Crippen LogP contribution >= 0.6 is 0 Å². The molecule has 10 heteroatoms. The first kappa shape index (κ1) is 28.0. The molecule has 0 spiro atoms. The molecule has 218 valence electrons. The molecule has 3 N–H and O–H groups in total. The fourth-order valence-electron chi connectivity index (χ4n) is 6.10. The van der Waals surface area contributed by atoms with Crippen molar-refractivity contribution in [1.82, 2.24) is 10.2 Å². The number of hydrogen-bond acceptors (Lipinski definition) is 9. The highest BCUT2D eigenvalue weighted by molar-refractivity contribution is 5.98. The lowest BCUT2D eigenvalue weighted by Crippen LogP contribution is -2.56. The van der Waals surface area contributed by atoms with Gasteiger partial charge in [-0.25, -0.2) is 14.4 Å². The van der Waals surface area contributed by atoms with Crippen LogP contribution in [-0.2, 0) is 10.3 Å². The monoisotopic (exact) mass is 571 g/mol. The summed E-state index contributed by atoms with van der Waals surface area (Å²) in [7, 11) is 1.64. The molecule has 3 aromatic carbocycles. The normalized spacial score (nSPS) is 26.2. The van der Waals surface area contributed by atoms with Gasteiger partial charge in [0.05, 0.1) is 26.7 Å². The summed E-state index contributed by atoms with van der Waals surface area (Å²) in [6, 6.07) is 27.5. The third kappa shape index (κ3) is 4.46. The standard InChI is InChI=1S/C32H34FN5O4/c1-21-26(33)30(42-31(21,17-39)18-40)38-20-36-27-28(34-19-35-29(27)38)37-32(22-9-5-3-6-10-22,23-11-7-4-8-12-23)24-13-15-25(41-2)16-14-24/h3-16,19-21,26-27,29-30,39-40H,17-18H2,1-2H3,(H,34,35,37)/t21-,26+,27?,29?,30+/m0/s1. The molecule has 0 aliphatic carbocycles. The Kier molecular flexibility index (Phi) is 7.53. The fraction of sp³-hybridized carbons (Fsp3) is 0.344. The topological polar surface area (TPSA) is 111 Å². The van der Waals surface area contributed by atoms with E-state index in [9.17, 15) is 10.2 Å². The molecule has 5 atom stereocenters. The quantitative estimate of drug-likeness (QED) is 0.359. The highest BCUT2D eigenvalue weighted by Gasteiger charge is 2.57. The molecule has 1 fully saturated rings. The molecule has 9 nitrogen and oxygen atoms in total. The SMILES string of the molecule is COc1ccc(C(NC2=NC=NC3C2N=CN3[C@@H]2OC(CO)(CO)[C@@H](C)[C@H]2F)(c2ccccc2)c2ccccc2)cc1. The number of halogens is 1. The van der Waals surface area contributed by atoms with Gasteiger partial charge in [-0.1, -0.05) is 79.7 Å². The summed E-state index contributed by atoms with van der Waals surface area (Å²) in [5.41, 5.74) is 0.641. The minimum atomic E-state index is -1.48. The van der Waals surface area contributed by atoms with Gasteiger partial charge in [0.1, 0.15) is 35.1 Å². The van der Waals surface area contributed by atoms with Crippen LogP contribution in [0, 0.1) is 5.92 Å². The van der Waals surface area contributed by atoms with Gasteiger partial charge in [0.25, 0.3) is 0 Å². The number of aliphatic hydroxyl groups is 2. The highest BCUT2D eigenvalue weighted by atomic mass is 19.1. The van der Waals surface area contributed by atoms with Gasteiger partial charge in [0.15, 0.2) is 18.6 Å². The molecule has 1 saturated heterocycles. The number of aliphatic hydroxyl groups excluding tert-OH is 2. The summed E-state index contributed by atoms with van der Waals surface area (Å²) in [5, 5.41) is 23.7. The average Bonchev–Trinajstić information content (AvgIpc) is 3.60. The van der Waals surface area contributed by atoms with Crippen molar-refractivity contribution in [2.75, 3.05) is 20.3 Å². The molecule has 3 aromatic rings. The maximum atomic E-state index is 15.6. The van der Waals surface area contributed by atoms with Crippen molar-refractivity contribution in [2.24, 2.45) is 20.9 Å². The van der Waals surface area contributed by atoms with Crippen LogP contribution in [0.1, 0.15) is 23.6 Å². The van der Waals surface area contributed by atoms with E-state index >= 15 is 4.39 Å². The van der Waals surface area contributed by atoms with Crippen LogP contribution in [-0.4, -0.2) is 84.2 Å². The second-order valence-corrected chi connectivity index (χ2v) is 10.8. The van der Waals surface area contributed by atoms with Crippen molar-refractivity contribution in [3.8, 4) is 5.75 Å². The number of alkyl halides is 1. The van der Waals surface area contributed by atoms with E-state index in [2.05, 4.69) is 39.6 Å². The number of hydrogen-bond donors (Lipinski definition) is 3. The molecule has 0 radical (unpaired) electrons. The first-order valence-corrected chi connectivity index (χ1v) is 13.9. The summed E-state index contributed by atoms with van der Waals surface area (Å²) in [5.74, 6) is 0.553. The van der Waals surface area contributed by atoms with Gasteiger partial charge >= 0.3 is 0 Å². The Labute approximate surface area is 244 Å². The van der Waals surface area contributed by atoms with Gasteiger partial charge in [0, 0.05) is 5.92 Å². The van der Waals surface area contributed by atoms with Gasteiger partial charge in [-0.2, -0.15) is 0 Å². The molecular weight excluding hydrogens is 537 g/mol. The number of methoxy groups -OCH3 is 1. The first-order chi connectivity index (χ1) is 20.5. The van der Waals surface area contributed by atoms with Crippen LogP contribution in [0.5, 0.6) is 5.75 Å². The molecule has 0 bridgehead atoms. The zero-order valence-electron chi connectivity index (χ0n) is 23.4. The van der Waals surface area contributed by atoms with Crippen molar-refractivity contribution in [3.05, 3.63) is 102 Å². The lowest BCUT2D eigenvalue weighted by molar-refractivity contribution is -0.145. The number of benzene rings is 3. The lowest BCUT2D eigenvalue weighted by Gasteiger charge is -2.40. The average molecular weight is 572 g/mol. The van der Waals surface area contributed by atoms with Crippen molar-refractivity contribution < 1.29 is 24.1 Å². The summed E-state index contributed by atoms with van der Waals surface area (Å²) in [6.07, 6.45) is -0.203. The van der Waals surface area contributed by atoms with Gasteiger partial charge in [-0.3, -0.25) is 4.99 Å². The van der Waals surface area contributed by atoms with Crippen LogP contribution in [0.2, 0.25) is 0 Å².